The Morgan fingerprint density at radius 3 is 1.78 bits per heavy atom. The lowest BCUT2D eigenvalue weighted by Gasteiger charge is -2.29. The lowest BCUT2D eigenvalue weighted by Crippen LogP contribution is -2.60. The molecule has 0 spiro atoms. The quantitative estimate of drug-likeness (QED) is 0.647. The minimum absolute atomic E-state index is 0.744. The number of rotatable bonds is 4. The number of carbonyl (C=O) groups excluding carboxylic acids is 1. The SMILES string of the molecule is O=C(c1ccccc1)C(O)(F)C(F)(F)C(O)(F)F. The Kier molecular flexibility index (Phi) is 3.46. The highest BCUT2D eigenvalue weighted by atomic mass is 19.3. The highest BCUT2D eigenvalue weighted by Crippen LogP contribution is 2.43. The smallest absolute Gasteiger partial charge is 0.351 e. The predicted octanol–water partition coefficient (Wildman–Crippen LogP) is 1.75. The van der Waals surface area contributed by atoms with Gasteiger partial charge in [-0.2, -0.15) is 22.0 Å². The number of Topliss-reactive ketones (excluding diaryl/α,β-unsaturated/α-hetero) is 1. The molecule has 0 fully saturated rings. The molecule has 100 valence electrons. The van der Waals surface area contributed by atoms with Crippen LogP contribution in [-0.4, -0.2) is 33.9 Å². The molecule has 3 nitrogen and oxygen atoms in total. The second-order valence-electron chi connectivity index (χ2n) is 3.43. The third-order valence-corrected chi connectivity index (χ3v) is 2.13. The van der Waals surface area contributed by atoms with Crippen molar-refractivity contribution in [1.82, 2.24) is 0 Å². The van der Waals surface area contributed by atoms with Gasteiger partial charge in [-0.15, -0.1) is 0 Å². The van der Waals surface area contributed by atoms with E-state index in [1.54, 1.807) is 0 Å². The lowest BCUT2D eigenvalue weighted by atomic mass is 9.98. The molecule has 18 heavy (non-hydrogen) atoms. The predicted molar refractivity (Wildman–Crippen MR) is 48.9 cm³/mol. The van der Waals surface area contributed by atoms with Gasteiger partial charge in [0.15, 0.2) is 0 Å². The number of carbonyl (C=O) groups is 1. The van der Waals surface area contributed by atoms with Crippen molar-refractivity contribution in [3.05, 3.63) is 35.9 Å². The standard InChI is InChI=1S/C10H7F5O3/c11-8(17,9(12,13)10(14,15)18)7(16)6-4-2-1-3-5-6/h1-5,17-18H. The highest BCUT2D eigenvalue weighted by Gasteiger charge is 2.73. The van der Waals surface area contributed by atoms with Crippen LogP contribution in [0, 0.1) is 0 Å². The summed E-state index contributed by atoms with van der Waals surface area (Å²) in [6, 6.07) is 5.35. The Morgan fingerprint density at radius 2 is 1.39 bits per heavy atom. The van der Waals surface area contributed by atoms with Crippen LogP contribution in [0.4, 0.5) is 22.0 Å². The van der Waals surface area contributed by atoms with E-state index in [0.717, 1.165) is 24.3 Å². The highest BCUT2D eigenvalue weighted by molar-refractivity contribution is 6.02. The van der Waals surface area contributed by atoms with E-state index in [1.807, 2.05) is 0 Å². The minimum Gasteiger partial charge on any atom is -0.351 e. The van der Waals surface area contributed by atoms with E-state index in [4.69, 9.17) is 10.2 Å². The Morgan fingerprint density at radius 1 is 0.944 bits per heavy atom. The molecule has 0 saturated carbocycles. The molecule has 0 bridgehead atoms. The first-order valence-electron chi connectivity index (χ1n) is 4.51. The van der Waals surface area contributed by atoms with Gasteiger partial charge in [-0.05, 0) is 0 Å². The van der Waals surface area contributed by atoms with Gasteiger partial charge in [-0.3, -0.25) is 4.79 Å². The van der Waals surface area contributed by atoms with E-state index < -0.39 is 29.2 Å². The summed E-state index contributed by atoms with van der Waals surface area (Å²) >= 11 is 0. The Labute approximate surface area is 97.5 Å². The number of halogens is 5. The summed E-state index contributed by atoms with van der Waals surface area (Å²) in [7, 11) is 0. The van der Waals surface area contributed by atoms with Gasteiger partial charge >= 0.3 is 17.9 Å². The van der Waals surface area contributed by atoms with Gasteiger partial charge in [-0.25, -0.2) is 0 Å². The fourth-order valence-corrected chi connectivity index (χ4v) is 1.12. The second kappa shape index (κ2) is 4.29. The van der Waals surface area contributed by atoms with Crippen molar-refractivity contribution in [1.29, 1.82) is 0 Å². The Balaban J connectivity index is 3.19. The third kappa shape index (κ3) is 2.21. The van der Waals surface area contributed by atoms with Gasteiger partial charge in [0.1, 0.15) is 0 Å². The lowest BCUT2D eigenvalue weighted by molar-refractivity contribution is -0.383. The zero-order chi connectivity index (χ0) is 14.2. The molecule has 0 aliphatic heterocycles. The van der Waals surface area contributed by atoms with Crippen LogP contribution in [0.2, 0.25) is 0 Å². The molecule has 0 aliphatic carbocycles. The van der Waals surface area contributed by atoms with E-state index >= 15 is 0 Å². The summed E-state index contributed by atoms with van der Waals surface area (Å²) in [5.41, 5.74) is -0.744. The molecule has 0 amide bonds. The molecule has 8 heteroatoms. The first-order chi connectivity index (χ1) is 8.02. The average Bonchev–Trinajstić information content (AvgIpc) is 2.27. The molecule has 0 aromatic heterocycles. The first kappa shape index (κ1) is 14.5. The van der Waals surface area contributed by atoms with E-state index in [2.05, 4.69) is 0 Å². The van der Waals surface area contributed by atoms with Crippen LogP contribution in [0.3, 0.4) is 0 Å². The van der Waals surface area contributed by atoms with Crippen molar-refractivity contribution >= 4 is 5.78 Å². The van der Waals surface area contributed by atoms with Crippen molar-refractivity contribution < 1.29 is 37.0 Å². The van der Waals surface area contributed by atoms with Gasteiger partial charge in [0, 0.05) is 5.56 Å². The number of aliphatic hydroxyl groups is 2. The molecule has 1 rings (SSSR count). The van der Waals surface area contributed by atoms with Crippen LogP contribution in [0.25, 0.3) is 0 Å². The number of benzene rings is 1. The summed E-state index contributed by atoms with van der Waals surface area (Å²) in [5.74, 6) is -13.5. The number of alkyl halides is 5. The molecule has 1 unspecified atom stereocenters. The molecule has 1 aromatic carbocycles. The molecular formula is C10H7F5O3. The maximum Gasteiger partial charge on any atom is 0.423 e. The third-order valence-electron chi connectivity index (χ3n) is 2.13. The summed E-state index contributed by atoms with van der Waals surface area (Å²) in [6.07, 6.45) is -5.89. The van der Waals surface area contributed by atoms with E-state index in [-0.39, 0.29) is 0 Å². The van der Waals surface area contributed by atoms with Crippen molar-refractivity contribution in [2.75, 3.05) is 0 Å². The van der Waals surface area contributed by atoms with E-state index in [0.29, 0.717) is 0 Å². The van der Waals surface area contributed by atoms with Gasteiger partial charge < -0.3 is 10.2 Å². The maximum atomic E-state index is 13.3. The monoisotopic (exact) mass is 270 g/mol. The number of hydrogen-bond donors (Lipinski definition) is 2. The minimum atomic E-state index is -5.98. The van der Waals surface area contributed by atoms with Crippen LogP contribution in [0.15, 0.2) is 30.3 Å². The largest absolute Gasteiger partial charge is 0.423 e. The van der Waals surface area contributed by atoms with Gasteiger partial charge in [0.05, 0.1) is 0 Å². The summed E-state index contributed by atoms with van der Waals surface area (Å²) in [5, 5.41) is 16.5. The zero-order valence-corrected chi connectivity index (χ0v) is 8.58. The molecule has 1 aromatic rings. The Hall–Kier alpha value is -1.54. The van der Waals surface area contributed by atoms with Crippen LogP contribution in [-0.2, 0) is 0 Å². The van der Waals surface area contributed by atoms with E-state index in [1.165, 1.54) is 6.07 Å². The van der Waals surface area contributed by atoms with Crippen LogP contribution in [0.5, 0.6) is 0 Å². The molecule has 0 heterocycles. The van der Waals surface area contributed by atoms with Crippen molar-refractivity contribution in [3.63, 3.8) is 0 Å². The van der Waals surface area contributed by atoms with Gasteiger partial charge in [-0.1, -0.05) is 30.3 Å². The first-order valence-corrected chi connectivity index (χ1v) is 4.51. The van der Waals surface area contributed by atoms with Gasteiger partial charge in [0.2, 0.25) is 5.78 Å². The molecule has 2 N–H and O–H groups in total. The molecule has 1 atom stereocenters. The maximum absolute atomic E-state index is 13.3. The van der Waals surface area contributed by atoms with Crippen LogP contribution in [0.1, 0.15) is 10.4 Å². The summed E-state index contributed by atoms with van der Waals surface area (Å²) < 4.78 is 63.1. The number of ketones is 1. The Bertz CT molecular complexity index is 439. The molecular weight excluding hydrogens is 263 g/mol. The van der Waals surface area contributed by atoms with Crippen molar-refractivity contribution in [2.45, 2.75) is 17.9 Å². The fraction of sp³-hybridized carbons (Fsp3) is 0.300. The van der Waals surface area contributed by atoms with E-state index in [9.17, 15) is 26.7 Å². The molecule has 0 aliphatic rings. The van der Waals surface area contributed by atoms with Crippen molar-refractivity contribution in [3.8, 4) is 0 Å². The average molecular weight is 270 g/mol. The van der Waals surface area contributed by atoms with Gasteiger partial charge in [0.25, 0.3) is 0 Å². The topological polar surface area (TPSA) is 57.5 Å². The van der Waals surface area contributed by atoms with Crippen LogP contribution < -0.4 is 0 Å². The normalized spacial score (nSPS) is 16.2. The van der Waals surface area contributed by atoms with Crippen molar-refractivity contribution in [2.24, 2.45) is 0 Å². The number of hydrogen-bond acceptors (Lipinski definition) is 3. The molecule has 0 saturated heterocycles. The van der Waals surface area contributed by atoms with Crippen LogP contribution >= 0.6 is 0 Å². The second-order valence-corrected chi connectivity index (χ2v) is 3.43. The zero-order valence-electron chi connectivity index (χ0n) is 8.58. The fourth-order valence-electron chi connectivity index (χ4n) is 1.12. The molecule has 0 radical (unpaired) electrons. The summed E-state index contributed by atoms with van der Waals surface area (Å²) in [4.78, 5) is 11.2. The summed E-state index contributed by atoms with van der Waals surface area (Å²) in [6.45, 7) is 0.